The number of nitrogens with one attached hydrogen (secondary N) is 1. The topological polar surface area (TPSA) is 91.2 Å². The van der Waals surface area contributed by atoms with Gasteiger partial charge in [-0.1, -0.05) is 41.0 Å². The molecular weight excluding hydrogens is 449 g/mol. The van der Waals surface area contributed by atoms with Gasteiger partial charge in [-0.05, 0) is 31.2 Å². The fraction of sp³-hybridized carbons (Fsp3) is 0.250. The van der Waals surface area contributed by atoms with Crippen molar-refractivity contribution in [1.29, 1.82) is 0 Å². The molecule has 158 valence electrons. The monoisotopic (exact) mass is 467 g/mol. The zero-order valence-corrected chi connectivity index (χ0v) is 18.5. The number of benzene rings is 2. The highest BCUT2D eigenvalue weighted by atomic mass is 35.5. The number of nitrogens with zero attached hydrogens (tertiary/aromatic N) is 2. The SMILES string of the molecule is CCN1C(=O)[C@@H](CC(=O)Nc2cccc(OC)c2)SC1=Nc1cc(Cl)c(O)c(Cl)c1. The summed E-state index contributed by atoms with van der Waals surface area (Å²) < 4.78 is 5.14. The zero-order valence-electron chi connectivity index (χ0n) is 16.2. The number of carbonyl (C=O) groups excluding carboxylic acids is 2. The lowest BCUT2D eigenvalue weighted by molar-refractivity contribution is -0.128. The van der Waals surface area contributed by atoms with Crippen molar-refractivity contribution in [2.75, 3.05) is 19.0 Å². The Morgan fingerprint density at radius 3 is 2.63 bits per heavy atom. The molecule has 1 aliphatic rings. The zero-order chi connectivity index (χ0) is 21.8. The number of halogens is 2. The van der Waals surface area contributed by atoms with Gasteiger partial charge in [0.05, 0.1) is 22.8 Å². The first-order valence-electron chi connectivity index (χ1n) is 9.01. The lowest BCUT2D eigenvalue weighted by Crippen LogP contribution is -2.33. The largest absolute Gasteiger partial charge is 0.505 e. The van der Waals surface area contributed by atoms with Crippen LogP contribution in [0.15, 0.2) is 41.4 Å². The molecule has 1 heterocycles. The van der Waals surface area contributed by atoms with E-state index in [-0.39, 0.29) is 34.0 Å². The molecule has 0 saturated carbocycles. The molecule has 2 aromatic rings. The van der Waals surface area contributed by atoms with Crippen LogP contribution in [-0.4, -0.2) is 45.9 Å². The summed E-state index contributed by atoms with van der Waals surface area (Å²) in [6.07, 6.45) is -0.00663. The molecule has 0 spiro atoms. The van der Waals surface area contributed by atoms with Crippen molar-refractivity contribution in [3.05, 3.63) is 46.4 Å². The summed E-state index contributed by atoms with van der Waals surface area (Å²) in [6.45, 7) is 2.22. The van der Waals surface area contributed by atoms with Gasteiger partial charge in [0.25, 0.3) is 0 Å². The fourth-order valence-electron chi connectivity index (χ4n) is 2.82. The number of rotatable bonds is 6. The van der Waals surface area contributed by atoms with E-state index in [1.165, 1.54) is 28.8 Å². The predicted molar refractivity (Wildman–Crippen MR) is 120 cm³/mol. The maximum absolute atomic E-state index is 12.7. The molecule has 2 aromatic carbocycles. The molecule has 1 atom stereocenters. The predicted octanol–water partition coefficient (Wildman–Crippen LogP) is 4.69. The Kier molecular flexibility index (Phi) is 7.12. The molecule has 0 aliphatic carbocycles. The third-order valence-corrected chi connectivity index (χ3v) is 6.04. The first-order chi connectivity index (χ1) is 14.3. The van der Waals surface area contributed by atoms with E-state index >= 15 is 0 Å². The number of aliphatic imine (C=N–C) groups is 1. The molecule has 0 radical (unpaired) electrons. The van der Waals surface area contributed by atoms with Crippen LogP contribution in [0.3, 0.4) is 0 Å². The number of phenols is 1. The van der Waals surface area contributed by atoms with Crippen LogP contribution in [0.4, 0.5) is 11.4 Å². The van der Waals surface area contributed by atoms with Crippen LogP contribution in [0.5, 0.6) is 11.5 Å². The van der Waals surface area contributed by atoms with Gasteiger partial charge in [0.15, 0.2) is 10.9 Å². The van der Waals surface area contributed by atoms with E-state index in [1.54, 1.807) is 31.4 Å². The van der Waals surface area contributed by atoms with Crippen LogP contribution in [0.1, 0.15) is 13.3 Å². The summed E-state index contributed by atoms with van der Waals surface area (Å²) in [6, 6.07) is 9.89. The number of aromatic hydroxyl groups is 1. The molecule has 10 heteroatoms. The second-order valence-corrected chi connectivity index (χ2v) is 8.31. The van der Waals surface area contributed by atoms with Gasteiger partial charge in [-0.15, -0.1) is 0 Å². The number of thioether (sulfide) groups is 1. The van der Waals surface area contributed by atoms with Crippen molar-refractivity contribution >= 4 is 63.3 Å². The molecular formula is C20H19Cl2N3O4S. The first-order valence-corrected chi connectivity index (χ1v) is 10.6. The van der Waals surface area contributed by atoms with Gasteiger partial charge in [0, 0.05) is 24.7 Å². The molecule has 1 saturated heterocycles. The van der Waals surface area contributed by atoms with Crippen molar-refractivity contribution in [2.45, 2.75) is 18.6 Å². The van der Waals surface area contributed by atoms with Crippen molar-refractivity contribution in [2.24, 2.45) is 4.99 Å². The van der Waals surface area contributed by atoms with Gasteiger partial charge >= 0.3 is 0 Å². The van der Waals surface area contributed by atoms with E-state index in [9.17, 15) is 14.7 Å². The Labute approximate surface area is 188 Å². The molecule has 7 nitrogen and oxygen atoms in total. The minimum absolute atomic E-state index is 0.00663. The van der Waals surface area contributed by atoms with E-state index in [1.807, 2.05) is 6.92 Å². The summed E-state index contributed by atoms with van der Waals surface area (Å²) in [4.78, 5) is 31.2. The highest BCUT2D eigenvalue weighted by molar-refractivity contribution is 8.15. The number of hydrogen-bond donors (Lipinski definition) is 2. The molecule has 2 N–H and O–H groups in total. The van der Waals surface area contributed by atoms with Gasteiger partial charge in [-0.25, -0.2) is 4.99 Å². The molecule has 2 amide bonds. The molecule has 1 aliphatic heterocycles. The Morgan fingerprint density at radius 1 is 1.30 bits per heavy atom. The van der Waals surface area contributed by atoms with E-state index in [0.29, 0.717) is 28.8 Å². The number of carbonyl (C=O) groups is 2. The molecule has 0 bridgehead atoms. The average Bonchev–Trinajstić information content (AvgIpc) is 3.00. The van der Waals surface area contributed by atoms with Crippen LogP contribution in [0, 0.1) is 0 Å². The van der Waals surface area contributed by atoms with Gasteiger partial charge < -0.3 is 15.2 Å². The van der Waals surface area contributed by atoms with Gasteiger partial charge in [-0.3, -0.25) is 14.5 Å². The highest BCUT2D eigenvalue weighted by Gasteiger charge is 2.38. The second kappa shape index (κ2) is 9.59. The standard InChI is InChI=1S/C20H19Cl2N3O4S/c1-3-25-19(28)16(10-17(26)23-11-5-4-6-13(7-11)29-2)30-20(25)24-12-8-14(21)18(27)15(22)9-12/h4-9,16,27H,3,10H2,1-2H3,(H,23,26)/t16-/m1/s1. The Balaban J connectivity index is 1.74. The quantitative estimate of drug-likeness (QED) is 0.642. The summed E-state index contributed by atoms with van der Waals surface area (Å²) in [5.41, 5.74) is 0.988. The average molecular weight is 468 g/mol. The third-order valence-electron chi connectivity index (χ3n) is 4.29. The molecule has 30 heavy (non-hydrogen) atoms. The number of phenolic OH excluding ortho intramolecular Hbond substituents is 1. The van der Waals surface area contributed by atoms with Crippen molar-refractivity contribution in [3.8, 4) is 11.5 Å². The Hall–Kier alpha value is -2.42. The summed E-state index contributed by atoms with van der Waals surface area (Å²) in [5, 5.41) is 12.4. The molecule has 0 unspecified atom stereocenters. The maximum Gasteiger partial charge on any atom is 0.242 e. The van der Waals surface area contributed by atoms with Crippen molar-refractivity contribution in [1.82, 2.24) is 4.90 Å². The summed E-state index contributed by atoms with van der Waals surface area (Å²) >= 11 is 13.1. The minimum atomic E-state index is -0.600. The van der Waals surface area contributed by atoms with Gasteiger partial charge in [0.2, 0.25) is 11.8 Å². The van der Waals surface area contributed by atoms with Gasteiger partial charge in [-0.2, -0.15) is 0 Å². The van der Waals surface area contributed by atoms with Crippen LogP contribution < -0.4 is 10.1 Å². The summed E-state index contributed by atoms with van der Waals surface area (Å²) in [7, 11) is 1.55. The van der Waals surface area contributed by atoms with Gasteiger partial charge in [0.1, 0.15) is 11.0 Å². The van der Waals surface area contributed by atoms with Crippen LogP contribution in [-0.2, 0) is 9.59 Å². The number of methoxy groups -OCH3 is 1. The van der Waals surface area contributed by atoms with E-state index in [4.69, 9.17) is 27.9 Å². The minimum Gasteiger partial charge on any atom is -0.505 e. The second-order valence-electron chi connectivity index (χ2n) is 6.33. The Morgan fingerprint density at radius 2 is 2.00 bits per heavy atom. The lowest BCUT2D eigenvalue weighted by atomic mass is 10.2. The normalized spacial score (nSPS) is 17.5. The van der Waals surface area contributed by atoms with Crippen molar-refractivity contribution < 1.29 is 19.4 Å². The van der Waals surface area contributed by atoms with E-state index in [2.05, 4.69) is 10.3 Å². The Bertz CT molecular complexity index is 992. The maximum atomic E-state index is 12.7. The van der Waals surface area contributed by atoms with Crippen LogP contribution >= 0.6 is 35.0 Å². The first kappa shape index (κ1) is 22.3. The fourth-order valence-corrected chi connectivity index (χ4v) is 4.52. The molecule has 1 fully saturated rings. The number of amides is 2. The highest BCUT2D eigenvalue weighted by Crippen LogP contribution is 2.38. The molecule has 3 rings (SSSR count). The van der Waals surface area contributed by atoms with E-state index in [0.717, 1.165) is 0 Å². The number of hydrogen-bond acceptors (Lipinski definition) is 6. The van der Waals surface area contributed by atoms with E-state index < -0.39 is 5.25 Å². The lowest BCUT2D eigenvalue weighted by Gasteiger charge is -2.13. The van der Waals surface area contributed by atoms with Crippen molar-refractivity contribution in [3.63, 3.8) is 0 Å². The van der Waals surface area contributed by atoms with Crippen LogP contribution in [0.25, 0.3) is 0 Å². The number of amidine groups is 1. The van der Waals surface area contributed by atoms with Crippen LogP contribution in [0.2, 0.25) is 10.0 Å². The number of ether oxygens (including phenoxy) is 1. The summed E-state index contributed by atoms with van der Waals surface area (Å²) in [5.74, 6) is -0.0890. The molecule has 0 aromatic heterocycles. The third kappa shape index (κ3) is 5.00. The number of anilines is 1. The smallest absolute Gasteiger partial charge is 0.242 e.